The minimum Gasteiger partial charge on any atom is -0.477 e. The molecule has 8 nitrogen and oxygen atoms in total. The number of hydrogen-bond donors (Lipinski definition) is 4. The Bertz CT molecular complexity index is 760. The summed E-state index contributed by atoms with van der Waals surface area (Å²) in [5, 5.41) is 11.9. The average molecular weight is 328 g/mol. The number of aliphatic imine (C=N–C) groups is 1. The number of guanidine groups is 1. The summed E-state index contributed by atoms with van der Waals surface area (Å²) in [5.41, 5.74) is 9.01. The van der Waals surface area contributed by atoms with Crippen LogP contribution in [-0.4, -0.2) is 23.4 Å². The fourth-order valence-corrected chi connectivity index (χ4v) is 2.09. The largest absolute Gasteiger partial charge is 0.477 e. The summed E-state index contributed by atoms with van der Waals surface area (Å²) in [5.74, 6) is -1.32. The van der Waals surface area contributed by atoms with Crippen LogP contribution in [0.4, 0.5) is 5.69 Å². The maximum Gasteiger partial charge on any atom is 0.375 e. The summed E-state index contributed by atoms with van der Waals surface area (Å²) in [7, 11) is 0. The molecule has 0 bridgehead atoms. The Kier molecular flexibility index (Phi) is 5.00. The van der Waals surface area contributed by atoms with Gasteiger partial charge in [0.25, 0.3) is 0 Å². The molecule has 1 amide bonds. The van der Waals surface area contributed by atoms with E-state index in [1.54, 1.807) is 42.5 Å². The van der Waals surface area contributed by atoms with Gasteiger partial charge in [-0.15, -0.1) is 0 Å². The molecule has 0 aliphatic rings. The van der Waals surface area contributed by atoms with E-state index in [1.165, 1.54) is 12.1 Å². The summed E-state index contributed by atoms with van der Waals surface area (Å²) < 4.78 is 5.60. The number of carbonyl (C=O) groups is 2. The topological polar surface area (TPSA) is 140 Å². The van der Waals surface area contributed by atoms with E-state index in [1.807, 2.05) is 0 Å². The van der Waals surface area contributed by atoms with Gasteiger partial charge in [0.1, 0.15) is 5.75 Å². The van der Waals surface area contributed by atoms with Crippen LogP contribution in [0.25, 0.3) is 0 Å². The van der Waals surface area contributed by atoms with Gasteiger partial charge in [-0.05, 0) is 24.3 Å². The number of rotatable bonds is 7. The number of nitrogens with two attached hydrogens (primary N) is 2. The van der Waals surface area contributed by atoms with E-state index in [2.05, 4.69) is 10.3 Å². The molecule has 2 rings (SSSR count). The molecule has 6 N–H and O–H groups in total. The molecule has 0 saturated carbocycles. The SMILES string of the molecule is NC(N)=Nc1cccc(C(NC=O)(Oc2ccccc2)C(=O)O)c1. The molecule has 124 valence electrons. The van der Waals surface area contributed by atoms with Crippen LogP contribution in [0.2, 0.25) is 0 Å². The van der Waals surface area contributed by atoms with Gasteiger partial charge in [-0.25, -0.2) is 9.79 Å². The lowest BCUT2D eigenvalue weighted by molar-refractivity contribution is -0.161. The van der Waals surface area contributed by atoms with Crippen molar-refractivity contribution in [2.75, 3.05) is 0 Å². The van der Waals surface area contributed by atoms with E-state index < -0.39 is 11.7 Å². The molecule has 0 aliphatic carbocycles. The van der Waals surface area contributed by atoms with Crippen LogP contribution in [0.1, 0.15) is 5.56 Å². The van der Waals surface area contributed by atoms with Crippen molar-refractivity contribution in [2.45, 2.75) is 5.72 Å². The third-order valence-corrected chi connectivity index (χ3v) is 3.09. The lowest BCUT2D eigenvalue weighted by atomic mass is 10.0. The Morgan fingerprint density at radius 3 is 2.46 bits per heavy atom. The molecule has 0 fully saturated rings. The fourth-order valence-electron chi connectivity index (χ4n) is 2.09. The van der Waals surface area contributed by atoms with Gasteiger partial charge in [0.15, 0.2) is 5.96 Å². The number of hydrogen-bond acceptors (Lipinski definition) is 4. The second-order valence-corrected chi connectivity index (χ2v) is 4.75. The Morgan fingerprint density at radius 1 is 1.17 bits per heavy atom. The first-order valence-corrected chi connectivity index (χ1v) is 6.87. The molecule has 2 aromatic rings. The molecule has 0 saturated heterocycles. The van der Waals surface area contributed by atoms with Crippen LogP contribution >= 0.6 is 0 Å². The molecule has 1 atom stereocenters. The van der Waals surface area contributed by atoms with E-state index in [0.29, 0.717) is 5.69 Å². The standard InChI is InChI=1S/C16H16N4O4/c17-15(18)20-12-6-4-5-11(9-12)16(14(22)23,19-10-21)24-13-7-2-1-3-8-13/h1-10H,(H,19,21)(H,22,23)(H4,17,18,20). The smallest absolute Gasteiger partial charge is 0.375 e. The first-order valence-electron chi connectivity index (χ1n) is 6.87. The Hall–Kier alpha value is -3.55. The minimum absolute atomic E-state index is 0.147. The van der Waals surface area contributed by atoms with Gasteiger partial charge in [-0.3, -0.25) is 4.79 Å². The van der Waals surface area contributed by atoms with Crippen molar-refractivity contribution in [1.82, 2.24) is 5.32 Å². The maximum absolute atomic E-state index is 11.9. The van der Waals surface area contributed by atoms with Gasteiger partial charge in [0.2, 0.25) is 6.41 Å². The molecular weight excluding hydrogens is 312 g/mol. The van der Waals surface area contributed by atoms with Crippen molar-refractivity contribution >= 4 is 24.0 Å². The zero-order valence-electron chi connectivity index (χ0n) is 12.5. The van der Waals surface area contributed by atoms with Gasteiger partial charge in [-0.1, -0.05) is 30.3 Å². The Labute approximate surface area is 137 Å². The van der Waals surface area contributed by atoms with Gasteiger partial charge in [0, 0.05) is 5.56 Å². The maximum atomic E-state index is 11.9. The van der Waals surface area contributed by atoms with Crippen LogP contribution in [-0.2, 0) is 15.3 Å². The summed E-state index contributed by atoms with van der Waals surface area (Å²) >= 11 is 0. The lowest BCUT2D eigenvalue weighted by Crippen LogP contribution is -2.53. The van der Waals surface area contributed by atoms with Crippen LogP contribution in [0.5, 0.6) is 5.75 Å². The summed E-state index contributed by atoms with van der Waals surface area (Å²) in [6.07, 6.45) is 0.254. The molecule has 0 radical (unpaired) electrons. The van der Waals surface area contributed by atoms with Crippen LogP contribution in [0, 0.1) is 0 Å². The zero-order valence-corrected chi connectivity index (χ0v) is 12.5. The normalized spacial score (nSPS) is 12.5. The summed E-state index contributed by atoms with van der Waals surface area (Å²) in [6.45, 7) is 0. The highest BCUT2D eigenvalue weighted by atomic mass is 16.5. The first kappa shape index (κ1) is 16.8. The number of benzene rings is 2. The summed E-state index contributed by atoms with van der Waals surface area (Å²) in [4.78, 5) is 26.8. The highest BCUT2D eigenvalue weighted by Crippen LogP contribution is 2.29. The van der Waals surface area contributed by atoms with Crippen molar-refractivity contribution < 1.29 is 19.4 Å². The molecule has 8 heteroatoms. The van der Waals surface area contributed by atoms with E-state index in [9.17, 15) is 14.7 Å². The lowest BCUT2D eigenvalue weighted by Gasteiger charge is -2.30. The summed E-state index contributed by atoms with van der Waals surface area (Å²) in [6, 6.07) is 14.3. The predicted octanol–water partition coefficient (Wildman–Crippen LogP) is 0.654. The molecule has 0 heterocycles. The monoisotopic (exact) mass is 328 g/mol. The van der Waals surface area contributed by atoms with E-state index in [4.69, 9.17) is 16.2 Å². The van der Waals surface area contributed by atoms with E-state index >= 15 is 0 Å². The van der Waals surface area contributed by atoms with Gasteiger partial charge in [-0.2, -0.15) is 0 Å². The minimum atomic E-state index is -2.13. The number of carboxylic acid groups (broad SMARTS) is 1. The number of para-hydroxylation sites is 1. The van der Waals surface area contributed by atoms with Gasteiger partial charge in [0.05, 0.1) is 5.69 Å². The van der Waals surface area contributed by atoms with Crippen LogP contribution < -0.4 is 21.5 Å². The molecular formula is C16H16N4O4. The van der Waals surface area contributed by atoms with Crippen molar-refractivity contribution in [3.05, 3.63) is 60.2 Å². The van der Waals surface area contributed by atoms with Crippen molar-refractivity contribution in [2.24, 2.45) is 16.5 Å². The third-order valence-electron chi connectivity index (χ3n) is 3.09. The Morgan fingerprint density at radius 2 is 1.88 bits per heavy atom. The first-order chi connectivity index (χ1) is 11.5. The second-order valence-electron chi connectivity index (χ2n) is 4.75. The number of aliphatic carboxylic acids is 1. The zero-order chi connectivity index (χ0) is 17.6. The van der Waals surface area contributed by atoms with E-state index in [-0.39, 0.29) is 23.7 Å². The van der Waals surface area contributed by atoms with Gasteiger partial charge >= 0.3 is 11.7 Å². The third kappa shape index (κ3) is 3.61. The second kappa shape index (κ2) is 7.14. The number of nitrogens with zero attached hydrogens (tertiary/aromatic N) is 1. The van der Waals surface area contributed by atoms with Gasteiger partial charge < -0.3 is 26.6 Å². The van der Waals surface area contributed by atoms with E-state index in [0.717, 1.165) is 0 Å². The van der Waals surface area contributed by atoms with Crippen molar-refractivity contribution in [3.63, 3.8) is 0 Å². The number of amides is 1. The quantitative estimate of drug-likeness (QED) is 0.255. The highest BCUT2D eigenvalue weighted by molar-refractivity contribution is 5.83. The average Bonchev–Trinajstić information content (AvgIpc) is 2.54. The van der Waals surface area contributed by atoms with Crippen molar-refractivity contribution in [3.8, 4) is 5.75 Å². The Balaban J connectivity index is 2.55. The molecule has 2 aromatic carbocycles. The number of carbonyl (C=O) groups excluding carboxylic acids is 1. The van der Waals surface area contributed by atoms with Crippen LogP contribution in [0.15, 0.2) is 59.6 Å². The molecule has 0 aliphatic heterocycles. The number of carboxylic acids is 1. The molecule has 1 unspecified atom stereocenters. The van der Waals surface area contributed by atoms with Crippen molar-refractivity contribution in [1.29, 1.82) is 0 Å². The molecule has 0 spiro atoms. The highest BCUT2D eigenvalue weighted by Gasteiger charge is 2.43. The number of nitrogens with one attached hydrogen (secondary N) is 1. The fraction of sp³-hybridized carbons (Fsp3) is 0.0625. The van der Waals surface area contributed by atoms with Crippen LogP contribution in [0.3, 0.4) is 0 Å². The molecule has 0 aromatic heterocycles. The predicted molar refractivity (Wildman–Crippen MR) is 87.5 cm³/mol. The number of ether oxygens (including phenoxy) is 1. The molecule has 24 heavy (non-hydrogen) atoms.